The fourth-order valence-corrected chi connectivity index (χ4v) is 1.83. The third kappa shape index (κ3) is 1.11. The van der Waals surface area contributed by atoms with E-state index >= 15 is 0 Å². The molecule has 0 aliphatic heterocycles. The maximum Gasteiger partial charge on any atom is 0.128 e. The lowest BCUT2D eigenvalue weighted by atomic mass is 10.1. The van der Waals surface area contributed by atoms with Crippen molar-refractivity contribution in [2.45, 2.75) is 18.9 Å². The van der Waals surface area contributed by atoms with Crippen LogP contribution in [0.4, 0.5) is 4.39 Å². The van der Waals surface area contributed by atoms with Gasteiger partial charge in [-0.3, -0.25) is 0 Å². The van der Waals surface area contributed by atoms with Gasteiger partial charge in [0.1, 0.15) is 5.82 Å². The summed E-state index contributed by atoms with van der Waals surface area (Å²) < 4.78 is 13.1. The van der Waals surface area contributed by atoms with Crippen molar-refractivity contribution < 1.29 is 9.50 Å². The molecule has 1 atom stereocenters. The molecule has 1 nitrogen and oxygen atoms in total. The van der Waals surface area contributed by atoms with E-state index in [9.17, 15) is 9.50 Å². The number of hydrogen-bond acceptors (Lipinski definition) is 1. The minimum absolute atomic E-state index is 0.297. The zero-order valence-electron chi connectivity index (χ0n) is 6.35. The van der Waals surface area contributed by atoms with Gasteiger partial charge < -0.3 is 5.11 Å². The van der Waals surface area contributed by atoms with E-state index in [2.05, 4.69) is 0 Å². The van der Waals surface area contributed by atoms with Gasteiger partial charge in [-0.05, 0) is 36.1 Å². The fraction of sp³-hybridized carbons (Fsp3) is 0.333. The van der Waals surface area contributed by atoms with Crippen molar-refractivity contribution in [2.75, 3.05) is 0 Å². The van der Waals surface area contributed by atoms with E-state index in [1.807, 2.05) is 0 Å². The second kappa shape index (κ2) is 2.71. The highest BCUT2D eigenvalue weighted by atomic mass is 35.5. The minimum Gasteiger partial charge on any atom is -0.388 e. The van der Waals surface area contributed by atoms with Crippen LogP contribution in [0.15, 0.2) is 12.1 Å². The number of hydrogen-bond donors (Lipinski definition) is 1. The molecule has 0 radical (unpaired) electrons. The van der Waals surface area contributed by atoms with Gasteiger partial charge in [0, 0.05) is 5.02 Å². The van der Waals surface area contributed by atoms with Crippen LogP contribution < -0.4 is 0 Å². The standard InChI is InChI=1S/C9H8ClFO/c10-5-3-7-6(8(11)4-5)1-2-9(7)12/h3-4,9,12H,1-2H2/t9-/m1/s1. The van der Waals surface area contributed by atoms with Crippen molar-refractivity contribution in [3.05, 3.63) is 34.1 Å². The molecule has 0 amide bonds. The Morgan fingerprint density at radius 2 is 2.25 bits per heavy atom. The first-order valence-electron chi connectivity index (χ1n) is 3.84. The van der Waals surface area contributed by atoms with Crippen molar-refractivity contribution in [3.8, 4) is 0 Å². The molecule has 1 aliphatic carbocycles. The molecule has 1 N–H and O–H groups in total. The van der Waals surface area contributed by atoms with E-state index in [0.29, 0.717) is 29.0 Å². The Morgan fingerprint density at radius 3 is 3.00 bits per heavy atom. The average molecular weight is 187 g/mol. The zero-order chi connectivity index (χ0) is 8.72. The highest BCUT2D eigenvalue weighted by molar-refractivity contribution is 6.30. The number of benzene rings is 1. The SMILES string of the molecule is O[C@@H]1CCc2c(F)cc(Cl)cc21. The highest BCUT2D eigenvalue weighted by Crippen LogP contribution is 2.34. The summed E-state index contributed by atoms with van der Waals surface area (Å²) in [4.78, 5) is 0. The number of fused-ring (bicyclic) bond motifs is 1. The molecule has 0 fully saturated rings. The Labute approximate surface area is 74.8 Å². The second-order valence-electron chi connectivity index (χ2n) is 3.01. The highest BCUT2D eigenvalue weighted by Gasteiger charge is 2.23. The Hall–Kier alpha value is -0.600. The molecular formula is C9H8ClFO. The summed E-state index contributed by atoms with van der Waals surface area (Å²) in [6, 6.07) is 2.93. The fourth-order valence-electron chi connectivity index (χ4n) is 1.62. The maximum atomic E-state index is 13.1. The summed E-state index contributed by atoms with van der Waals surface area (Å²) in [5, 5.41) is 9.76. The number of aliphatic hydroxyl groups excluding tert-OH is 1. The number of aliphatic hydroxyl groups is 1. The van der Waals surface area contributed by atoms with E-state index in [-0.39, 0.29) is 5.82 Å². The first kappa shape index (κ1) is 8.02. The van der Waals surface area contributed by atoms with Crippen molar-refractivity contribution in [1.82, 2.24) is 0 Å². The predicted octanol–water partition coefficient (Wildman–Crippen LogP) is 2.46. The Morgan fingerprint density at radius 1 is 1.50 bits per heavy atom. The molecule has 1 aromatic rings. The first-order chi connectivity index (χ1) is 5.68. The normalized spacial score (nSPS) is 21.1. The lowest BCUT2D eigenvalue weighted by Crippen LogP contribution is -1.92. The van der Waals surface area contributed by atoms with Crippen LogP contribution in [-0.2, 0) is 6.42 Å². The topological polar surface area (TPSA) is 20.2 Å². The number of halogens is 2. The second-order valence-corrected chi connectivity index (χ2v) is 3.45. The smallest absolute Gasteiger partial charge is 0.128 e. The lowest BCUT2D eigenvalue weighted by Gasteiger charge is -2.04. The van der Waals surface area contributed by atoms with Gasteiger partial charge in [0.2, 0.25) is 0 Å². The van der Waals surface area contributed by atoms with E-state index in [0.717, 1.165) is 0 Å². The molecule has 0 bridgehead atoms. The molecule has 0 saturated heterocycles. The minimum atomic E-state index is -0.534. The zero-order valence-corrected chi connectivity index (χ0v) is 7.11. The largest absolute Gasteiger partial charge is 0.388 e. The molecule has 12 heavy (non-hydrogen) atoms. The van der Waals surface area contributed by atoms with Crippen molar-refractivity contribution in [2.24, 2.45) is 0 Å². The average Bonchev–Trinajstić information content (AvgIpc) is 2.33. The van der Waals surface area contributed by atoms with Crippen molar-refractivity contribution in [1.29, 1.82) is 0 Å². The summed E-state index contributed by atoms with van der Waals surface area (Å²) in [6.45, 7) is 0. The van der Waals surface area contributed by atoms with Gasteiger partial charge >= 0.3 is 0 Å². The van der Waals surface area contributed by atoms with Gasteiger partial charge in [0.25, 0.3) is 0 Å². The van der Waals surface area contributed by atoms with Gasteiger partial charge in [-0.25, -0.2) is 4.39 Å². The van der Waals surface area contributed by atoms with Crippen LogP contribution in [0.1, 0.15) is 23.7 Å². The van der Waals surface area contributed by atoms with Crippen LogP contribution in [0.25, 0.3) is 0 Å². The van der Waals surface area contributed by atoms with E-state index in [1.165, 1.54) is 6.07 Å². The van der Waals surface area contributed by atoms with Gasteiger partial charge in [0.05, 0.1) is 6.10 Å². The molecule has 1 aliphatic rings. The summed E-state index contributed by atoms with van der Waals surface area (Å²) >= 11 is 5.64. The predicted molar refractivity (Wildman–Crippen MR) is 44.7 cm³/mol. The van der Waals surface area contributed by atoms with E-state index in [4.69, 9.17) is 11.6 Å². The van der Waals surface area contributed by atoms with Crippen LogP contribution in [0.2, 0.25) is 5.02 Å². The van der Waals surface area contributed by atoms with Crippen LogP contribution in [0.5, 0.6) is 0 Å². The van der Waals surface area contributed by atoms with Crippen LogP contribution in [0, 0.1) is 5.82 Å². The molecule has 0 heterocycles. The van der Waals surface area contributed by atoms with E-state index < -0.39 is 6.10 Å². The summed E-state index contributed by atoms with van der Waals surface area (Å²) in [5.74, 6) is -0.297. The molecule has 0 aromatic heterocycles. The molecule has 2 rings (SSSR count). The van der Waals surface area contributed by atoms with Crippen molar-refractivity contribution in [3.63, 3.8) is 0 Å². The van der Waals surface area contributed by atoms with Crippen molar-refractivity contribution >= 4 is 11.6 Å². The number of rotatable bonds is 0. The Bertz CT molecular complexity index is 325. The monoisotopic (exact) mass is 186 g/mol. The quantitative estimate of drug-likeness (QED) is 0.660. The van der Waals surface area contributed by atoms with E-state index in [1.54, 1.807) is 6.07 Å². The summed E-state index contributed by atoms with van der Waals surface area (Å²) in [7, 11) is 0. The van der Waals surface area contributed by atoms with Crippen LogP contribution in [0.3, 0.4) is 0 Å². The van der Waals surface area contributed by atoms with Gasteiger partial charge in [-0.15, -0.1) is 0 Å². The molecule has 64 valence electrons. The Kier molecular flexibility index (Phi) is 1.81. The van der Waals surface area contributed by atoms with Crippen LogP contribution in [-0.4, -0.2) is 5.11 Å². The molecule has 1 aromatic carbocycles. The van der Waals surface area contributed by atoms with Gasteiger partial charge in [-0.2, -0.15) is 0 Å². The van der Waals surface area contributed by atoms with Crippen LogP contribution >= 0.6 is 11.6 Å². The molecule has 0 saturated carbocycles. The molecular weight excluding hydrogens is 179 g/mol. The molecule has 0 spiro atoms. The first-order valence-corrected chi connectivity index (χ1v) is 4.22. The maximum absolute atomic E-state index is 13.1. The molecule has 0 unspecified atom stereocenters. The molecule has 3 heteroatoms. The summed E-state index contributed by atoms with van der Waals surface area (Å²) in [6.07, 6.45) is 0.680. The van der Waals surface area contributed by atoms with Gasteiger partial charge in [0.15, 0.2) is 0 Å². The lowest BCUT2D eigenvalue weighted by molar-refractivity contribution is 0.180. The third-order valence-electron chi connectivity index (χ3n) is 2.22. The summed E-state index contributed by atoms with van der Waals surface area (Å²) in [5.41, 5.74) is 1.27. The van der Waals surface area contributed by atoms with Gasteiger partial charge in [-0.1, -0.05) is 11.6 Å². The third-order valence-corrected chi connectivity index (χ3v) is 2.44. The Balaban J connectivity index is 2.60.